The molecular weight excluding hydrogens is 262 g/mol. The Balaban J connectivity index is 1.85. The summed E-state index contributed by atoms with van der Waals surface area (Å²) in [7, 11) is 2.05. The highest BCUT2D eigenvalue weighted by molar-refractivity contribution is 5.19. The third-order valence-corrected chi connectivity index (χ3v) is 4.47. The average molecular weight is 291 g/mol. The number of aliphatic hydroxyl groups excluding tert-OH is 1. The maximum absolute atomic E-state index is 9.00. The summed E-state index contributed by atoms with van der Waals surface area (Å²) in [6.07, 6.45) is 0. The minimum atomic E-state index is 0.270. The molecule has 0 aliphatic carbocycles. The van der Waals surface area contributed by atoms with Gasteiger partial charge in [0.1, 0.15) is 0 Å². The second-order valence-corrected chi connectivity index (χ2v) is 6.02. The lowest BCUT2D eigenvalue weighted by Gasteiger charge is -2.37. The van der Waals surface area contributed by atoms with E-state index in [9.17, 15) is 0 Å². The molecule has 0 amide bonds. The van der Waals surface area contributed by atoms with Gasteiger partial charge < -0.3 is 15.3 Å². The zero-order valence-electron chi connectivity index (χ0n) is 13.3. The Hall–Kier alpha value is -0.940. The van der Waals surface area contributed by atoms with E-state index >= 15 is 0 Å². The van der Waals surface area contributed by atoms with Crippen LogP contribution in [-0.4, -0.2) is 67.8 Å². The minimum absolute atomic E-state index is 0.270. The van der Waals surface area contributed by atoms with Gasteiger partial charge in [0, 0.05) is 45.3 Å². The Morgan fingerprint density at radius 1 is 1.10 bits per heavy atom. The lowest BCUT2D eigenvalue weighted by molar-refractivity contribution is 0.0985. The summed E-state index contributed by atoms with van der Waals surface area (Å²) < 4.78 is 0. The molecule has 2 atom stereocenters. The van der Waals surface area contributed by atoms with Crippen LogP contribution in [0.1, 0.15) is 18.5 Å². The van der Waals surface area contributed by atoms with Gasteiger partial charge in [-0.1, -0.05) is 37.3 Å². The van der Waals surface area contributed by atoms with Crippen LogP contribution in [0.3, 0.4) is 0 Å². The summed E-state index contributed by atoms with van der Waals surface area (Å²) in [5, 5.41) is 12.5. The molecule has 2 N–H and O–H groups in total. The molecule has 2 rings (SSSR count). The van der Waals surface area contributed by atoms with Crippen LogP contribution in [0.15, 0.2) is 30.3 Å². The van der Waals surface area contributed by atoms with Crippen LogP contribution < -0.4 is 5.32 Å². The van der Waals surface area contributed by atoms with Crippen molar-refractivity contribution in [2.24, 2.45) is 5.92 Å². The van der Waals surface area contributed by atoms with Crippen molar-refractivity contribution in [2.45, 2.75) is 13.0 Å². The standard InChI is InChI=1S/C17H29N3O/c1-15(17(18-2)16-6-4-3-5-7-16)14-20-10-8-19(9-11-20)12-13-21/h3-7,15,17-18,21H,8-14H2,1-2H3. The molecule has 1 fully saturated rings. The van der Waals surface area contributed by atoms with Gasteiger partial charge in [-0.25, -0.2) is 0 Å². The Morgan fingerprint density at radius 3 is 2.29 bits per heavy atom. The van der Waals surface area contributed by atoms with Crippen molar-refractivity contribution >= 4 is 0 Å². The molecule has 1 aliphatic rings. The molecule has 0 spiro atoms. The van der Waals surface area contributed by atoms with Crippen LogP contribution in [0.25, 0.3) is 0 Å². The van der Waals surface area contributed by atoms with E-state index < -0.39 is 0 Å². The fourth-order valence-electron chi connectivity index (χ4n) is 3.29. The highest BCUT2D eigenvalue weighted by Crippen LogP contribution is 2.22. The first-order valence-corrected chi connectivity index (χ1v) is 8.02. The summed E-state index contributed by atoms with van der Waals surface area (Å²) >= 11 is 0. The molecule has 1 saturated heterocycles. The quantitative estimate of drug-likeness (QED) is 0.792. The van der Waals surface area contributed by atoms with Gasteiger partial charge in [-0.05, 0) is 18.5 Å². The van der Waals surface area contributed by atoms with E-state index in [4.69, 9.17) is 5.11 Å². The monoisotopic (exact) mass is 291 g/mol. The third-order valence-electron chi connectivity index (χ3n) is 4.47. The van der Waals surface area contributed by atoms with Crippen LogP contribution in [-0.2, 0) is 0 Å². The lowest BCUT2D eigenvalue weighted by atomic mass is 9.94. The van der Waals surface area contributed by atoms with Gasteiger partial charge in [0.2, 0.25) is 0 Å². The van der Waals surface area contributed by atoms with E-state index in [0.29, 0.717) is 12.0 Å². The Morgan fingerprint density at radius 2 is 1.71 bits per heavy atom. The molecule has 21 heavy (non-hydrogen) atoms. The van der Waals surface area contributed by atoms with Crippen molar-refractivity contribution in [1.82, 2.24) is 15.1 Å². The number of hydrogen-bond acceptors (Lipinski definition) is 4. The highest BCUT2D eigenvalue weighted by Gasteiger charge is 2.22. The van der Waals surface area contributed by atoms with Crippen LogP contribution in [0.4, 0.5) is 0 Å². The first kappa shape index (κ1) is 16.4. The van der Waals surface area contributed by atoms with Gasteiger partial charge in [0.15, 0.2) is 0 Å². The van der Waals surface area contributed by atoms with E-state index in [-0.39, 0.29) is 6.61 Å². The number of nitrogens with one attached hydrogen (secondary N) is 1. The second-order valence-electron chi connectivity index (χ2n) is 6.02. The molecule has 2 unspecified atom stereocenters. The number of β-amino-alcohol motifs (C(OH)–C–C–N with tert-alkyl or cyclic N) is 1. The second kappa shape index (κ2) is 8.49. The van der Waals surface area contributed by atoms with Crippen LogP contribution >= 0.6 is 0 Å². The topological polar surface area (TPSA) is 38.7 Å². The molecule has 1 aliphatic heterocycles. The summed E-state index contributed by atoms with van der Waals surface area (Å²) in [4.78, 5) is 4.89. The number of nitrogens with zero attached hydrogens (tertiary/aromatic N) is 2. The van der Waals surface area contributed by atoms with Crippen molar-refractivity contribution < 1.29 is 5.11 Å². The number of hydrogen-bond donors (Lipinski definition) is 2. The van der Waals surface area contributed by atoms with Crippen molar-refractivity contribution in [3.05, 3.63) is 35.9 Å². The van der Waals surface area contributed by atoms with E-state index in [1.807, 2.05) is 7.05 Å². The lowest BCUT2D eigenvalue weighted by Crippen LogP contribution is -2.49. The third kappa shape index (κ3) is 4.78. The largest absolute Gasteiger partial charge is 0.395 e. The maximum Gasteiger partial charge on any atom is 0.0558 e. The molecule has 0 radical (unpaired) electrons. The normalized spacial score (nSPS) is 20.3. The number of aliphatic hydroxyl groups is 1. The van der Waals surface area contributed by atoms with E-state index in [1.165, 1.54) is 5.56 Å². The fraction of sp³-hybridized carbons (Fsp3) is 0.647. The summed E-state index contributed by atoms with van der Waals surface area (Å²) in [6.45, 7) is 8.89. The molecule has 0 saturated carbocycles. The predicted octanol–water partition coefficient (Wildman–Crippen LogP) is 1.19. The smallest absolute Gasteiger partial charge is 0.0558 e. The van der Waals surface area contributed by atoms with Gasteiger partial charge in [0.05, 0.1) is 6.61 Å². The van der Waals surface area contributed by atoms with Gasteiger partial charge in [-0.15, -0.1) is 0 Å². The summed E-state index contributed by atoms with van der Waals surface area (Å²) in [5.74, 6) is 0.571. The van der Waals surface area contributed by atoms with E-state index in [1.54, 1.807) is 0 Å². The van der Waals surface area contributed by atoms with Crippen molar-refractivity contribution in [1.29, 1.82) is 0 Å². The predicted molar refractivity (Wildman–Crippen MR) is 87.4 cm³/mol. The number of piperazine rings is 1. The molecule has 4 heteroatoms. The minimum Gasteiger partial charge on any atom is -0.395 e. The number of benzene rings is 1. The molecule has 4 nitrogen and oxygen atoms in total. The molecule has 118 valence electrons. The van der Waals surface area contributed by atoms with Gasteiger partial charge in [-0.3, -0.25) is 4.90 Å². The van der Waals surface area contributed by atoms with Crippen molar-refractivity contribution in [3.8, 4) is 0 Å². The Kier molecular flexibility index (Phi) is 6.64. The summed E-state index contributed by atoms with van der Waals surface area (Å²) in [5.41, 5.74) is 1.37. The maximum atomic E-state index is 9.00. The molecule has 0 bridgehead atoms. The van der Waals surface area contributed by atoms with Gasteiger partial charge in [-0.2, -0.15) is 0 Å². The molecule has 1 heterocycles. The molecule has 1 aromatic carbocycles. The molecular formula is C17H29N3O. The first-order chi connectivity index (χ1) is 10.2. The van der Waals surface area contributed by atoms with Crippen LogP contribution in [0.2, 0.25) is 0 Å². The number of rotatable bonds is 7. The SMILES string of the molecule is CNC(c1ccccc1)C(C)CN1CCN(CCO)CC1. The molecule has 1 aromatic rings. The van der Waals surface area contributed by atoms with Crippen molar-refractivity contribution in [2.75, 3.05) is 52.9 Å². The average Bonchev–Trinajstić information content (AvgIpc) is 2.51. The van der Waals surface area contributed by atoms with Gasteiger partial charge in [0.25, 0.3) is 0 Å². The van der Waals surface area contributed by atoms with E-state index in [2.05, 4.69) is 52.4 Å². The fourth-order valence-corrected chi connectivity index (χ4v) is 3.29. The zero-order valence-corrected chi connectivity index (χ0v) is 13.3. The van der Waals surface area contributed by atoms with Crippen molar-refractivity contribution in [3.63, 3.8) is 0 Å². The summed E-state index contributed by atoms with van der Waals surface area (Å²) in [6, 6.07) is 11.1. The Bertz CT molecular complexity index is 390. The molecule has 0 aromatic heterocycles. The van der Waals surface area contributed by atoms with Crippen LogP contribution in [0.5, 0.6) is 0 Å². The van der Waals surface area contributed by atoms with Crippen LogP contribution in [0, 0.1) is 5.92 Å². The van der Waals surface area contributed by atoms with Gasteiger partial charge >= 0.3 is 0 Å². The Labute approximate surface area is 128 Å². The van der Waals surface area contributed by atoms with E-state index in [0.717, 1.165) is 39.3 Å². The zero-order chi connectivity index (χ0) is 15.1. The first-order valence-electron chi connectivity index (χ1n) is 8.02. The highest BCUT2D eigenvalue weighted by atomic mass is 16.3.